The second-order valence-corrected chi connectivity index (χ2v) is 9.34. The quantitative estimate of drug-likeness (QED) is 0.753. The summed E-state index contributed by atoms with van der Waals surface area (Å²) < 4.78 is 25.3. The fourth-order valence-electron chi connectivity index (χ4n) is 3.93. The molecule has 1 atom stereocenters. The van der Waals surface area contributed by atoms with Crippen molar-refractivity contribution in [1.82, 2.24) is 5.32 Å². The van der Waals surface area contributed by atoms with Crippen LogP contribution in [-0.2, 0) is 9.84 Å². The summed E-state index contributed by atoms with van der Waals surface area (Å²) in [5.74, 6) is 0. The van der Waals surface area contributed by atoms with E-state index in [2.05, 4.69) is 16.4 Å². The minimum absolute atomic E-state index is 0.197. The van der Waals surface area contributed by atoms with Crippen molar-refractivity contribution in [2.45, 2.75) is 47.4 Å². The van der Waals surface area contributed by atoms with Crippen LogP contribution >= 0.6 is 0 Å². The Balaban J connectivity index is 1.44. The van der Waals surface area contributed by atoms with Crippen LogP contribution in [0.4, 0.5) is 10.5 Å². The van der Waals surface area contributed by atoms with Crippen molar-refractivity contribution in [1.29, 1.82) is 0 Å². The van der Waals surface area contributed by atoms with Gasteiger partial charge in [0.1, 0.15) is 0 Å². The van der Waals surface area contributed by atoms with Crippen molar-refractivity contribution in [2.24, 2.45) is 0 Å². The maximum atomic E-state index is 12.6. The number of carbonyl (C=O) groups is 1. The molecule has 0 spiro atoms. The summed E-state index contributed by atoms with van der Waals surface area (Å²) in [5.41, 5.74) is 4.90. The van der Waals surface area contributed by atoms with Gasteiger partial charge in [-0.05, 0) is 80.2 Å². The van der Waals surface area contributed by atoms with Gasteiger partial charge in [-0.2, -0.15) is 0 Å². The summed E-state index contributed by atoms with van der Waals surface area (Å²) >= 11 is 0. The molecule has 2 aliphatic rings. The van der Waals surface area contributed by atoms with Gasteiger partial charge in [0.15, 0.2) is 0 Å². The fraction of sp³-hybridized carbons (Fsp3) is 0.273. The molecule has 1 saturated carbocycles. The molecule has 4 rings (SSSR count). The van der Waals surface area contributed by atoms with Gasteiger partial charge < -0.3 is 10.6 Å². The maximum absolute atomic E-state index is 12.6. The zero-order valence-corrected chi connectivity index (χ0v) is 16.3. The summed E-state index contributed by atoms with van der Waals surface area (Å²) in [7, 11) is -3.56. The normalized spacial score (nSPS) is 20.9. The summed E-state index contributed by atoms with van der Waals surface area (Å²) in [6, 6.07) is 14.3. The van der Waals surface area contributed by atoms with E-state index < -0.39 is 9.84 Å². The number of nitrogens with one attached hydrogen (secondary N) is 2. The van der Waals surface area contributed by atoms with Crippen LogP contribution in [0.15, 0.2) is 81.8 Å². The average Bonchev–Trinajstić information content (AvgIpc) is 2.69. The molecular formula is C22H22N2O3S. The number of benzene rings is 2. The Hall–Kier alpha value is -2.82. The number of hydrogen-bond acceptors (Lipinski definition) is 3. The Bertz CT molecular complexity index is 1050. The van der Waals surface area contributed by atoms with Gasteiger partial charge in [-0.25, -0.2) is 13.2 Å². The topological polar surface area (TPSA) is 75.3 Å². The monoisotopic (exact) mass is 394 g/mol. The fourth-order valence-corrected chi connectivity index (χ4v) is 5.21. The Morgan fingerprint density at radius 1 is 1.00 bits per heavy atom. The highest BCUT2D eigenvalue weighted by Crippen LogP contribution is 2.37. The molecule has 2 bridgehead atoms. The van der Waals surface area contributed by atoms with E-state index >= 15 is 0 Å². The molecule has 1 fully saturated rings. The molecule has 2 aromatic rings. The molecule has 1 unspecified atom stereocenters. The minimum atomic E-state index is -3.56. The lowest BCUT2D eigenvalue weighted by atomic mass is 9.75. The van der Waals surface area contributed by atoms with Gasteiger partial charge in [-0.15, -0.1) is 5.73 Å². The third-order valence-corrected chi connectivity index (χ3v) is 7.12. The van der Waals surface area contributed by atoms with E-state index in [4.69, 9.17) is 0 Å². The van der Waals surface area contributed by atoms with Crippen LogP contribution in [0.1, 0.15) is 32.1 Å². The summed E-state index contributed by atoms with van der Waals surface area (Å²) in [4.78, 5) is 12.9. The van der Waals surface area contributed by atoms with Gasteiger partial charge in [-0.3, -0.25) is 0 Å². The molecular weight excluding hydrogens is 372 g/mol. The number of urea groups is 1. The van der Waals surface area contributed by atoms with Crippen LogP contribution in [-0.4, -0.2) is 20.0 Å². The Labute approximate surface area is 165 Å². The molecule has 0 aromatic heterocycles. The van der Waals surface area contributed by atoms with E-state index in [9.17, 15) is 13.2 Å². The van der Waals surface area contributed by atoms with Crippen LogP contribution in [0, 0.1) is 0 Å². The van der Waals surface area contributed by atoms with Gasteiger partial charge in [0, 0.05) is 5.69 Å². The number of fused-ring (bicyclic) bond motifs is 2. The number of sulfone groups is 1. The SMILES string of the molecule is O=C(Nc1ccc(S(=O)(=O)c2ccccc2)cc1)NC12CC=C=C(CCC1)C2. The minimum Gasteiger partial charge on any atom is -0.332 e. The molecule has 2 amide bonds. The standard InChI is InChI=1S/C22H22N2O3S/c25-21(24-22-14-4-6-17(16-22)7-5-15-22)23-18-10-12-20(13-11-18)28(26,27)19-8-2-1-3-9-19/h1-4,8-13H,5,7,14-16H2,(H2,23,24,25). The number of amides is 2. The highest BCUT2D eigenvalue weighted by Gasteiger charge is 2.36. The van der Waals surface area contributed by atoms with Gasteiger partial charge in [0.25, 0.3) is 0 Å². The van der Waals surface area contributed by atoms with E-state index in [0.717, 1.165) is 32.1 Å². The Morgan fingerprint density at radius 2 is 1.71 bits per heavy atom. The zero-order chi connectivity index (χ0) is 19.6. The number of rotatable bonds is 4. The van der Waals surface area contributed by atoms with E-state index in [-0.39, 0.29) is 21.4 Å². The molecule has 0 saturated heterocycles. The number of anilines is 1. The first-order valence-corrected chi connectivity index (χ1v) is 10.9. The lowest BCUT2D eigenvalue weighted by Gasteiger charge is -2.39. The summed E-state index contributed by atoms with van der Waals surface area (Å²) in [6.07, 6.45) is 6.72. The van der Waals surface area contributed by atoms with Crippen LogP contribution in [0.2, 0.25) is 0 Å². The van der Waals surface area contributed by atoms with Crippen molar-refractivity contribution in [3.05, 3.63) is 72.0 Å². The molecule has 0 radical (unpaired) electrons. The lowest BCUT2D eigenvalue weighted by molar-refractivity contribution is 0.223. The van der Waals surface area contributed by atoms with Gasteiger partial charge in [0.2, 0.25) is 9.84 Å². The maximum Gasteiger partial charge on any atom is 0.319 e. The highest BCUT2D eigenvalue weighted by atomic mass is 32.2. The van der Waals surface area contributed by atoms with Crippen molar-refractivity contribution in [3.63, 3.8) is 0 Å². The second kappa shape index (κ2) is 7.30. The molecule has 144 valence electrons. The van der Waals surface area contributed by atoms with E-state index in [1.54, 1.807) is 42.5 Å². The molecule has 5 nitrogen and oxygen atoms in total. The molecule has 6 heteroatoms. The predicted molar refractivity (Wildman–Crippen MR) is 108 cm³/mol. The van der Waals surface area contributed by atoms with Crippen molar-refractivity contribution < 1.29 is 13.2 Å². The summed E-state index contributed by atoms with van der Waals surface area (Å²) in [5, 5.41) is 5.94. The van der Waals surface area contributed by atoms with Crippen molar-refractivity contribution >= 4 is 21.6 Å². The highest BCUT2D eigenvalue weighted by molar-refractivity contribution is 7.91. The second-order valence-electron chi connectivity index (χ2n) is 7.39. The first-order valence-electron chi connectivity index (χ1n) is 9.39. The molecule has 2 N–H and O–H groups in total. The molecule has 0 heterocycles. The van der Waals surface area contributed by atoms with Crippen LogP contribution in [0.25, 0.3) is 0 Å². The molecule has 2 aromatic carbocycles. The predicted octanol–water partition coefficient (Wildman–Crippen LogP) is 4.44. The molecule has 28 heavy (non-hydrogen) atoms. The van der Waals surface area contributed by atoms with Crippen LogP contribution in [0.5, 0.6) is 0 Å². The Morgan fingerprint density at radius 3 is 2.46 bits per heavy atom. The smallest absolute Gasteiger partial charge is 0.319 e. The molecule has 2 aliphatic carbocycles. The largest absolute Gasteiger partial charge is 0.332 e. The first kappa shape index (κ1) is 18.5. The zero-order valence-electron chi connectivity index (χ0n) is 15.4. The van der Waals surface area contributed by atoms with Crippen molar-refractivity contribution in [2.75, 3.05) is 5.32 Å². The lowest BCUT2D eigenvalue weighted by Crippen LogP contribution is -2.51. The average molecular weight is 394 g/mol. The van der Waals surface area contributed by atoms with Gasteiger partial charge >= 0.3 is 6.03 Å². The summed E-state index contributed by atoms with van der Waals surface area (Å²) in [6.45, 7) is 0. The van der Waals surface area contributed by atoms with E-state index in [0.29, 0.717) is 5.69 Å². The van der Waals surface area contributed by atoms with Crippen molar-refractivity contribution in [3.8, 4) is 0 Å². The Kier molecular flexibility index (Phi) is 4.84. The number of hydrogen-bond donors (Lipinski definition) is 2. The van der Waals surface area contributed by atoms with Gasteiger partial charge in [-0.1, -0.05) is 18.2 Å². The molecule has 0 aliphatic heterocycles. The third kappa shape index (κ3) is 3.75. The first-order chi connectivity index (χ1) is 13.5. The van der Waals surface area contributed by atoms with Gasteiger partial charge in [0.05, 0.1) is 15.3 Å². The van der Waals surface area contributed by atoms with E-state index in [1.165, 1.54) is 17.7 Å². The number of carbonyl (C=O) groups excluding carboxylic acids is 1. The third-order valence-electron chi connectivity index (χ3n) is 5.34. The van der Waals surface area contributed by atoms with Crippen LogP contribution in [0.3, 0.4) is 0 Å². The van der Waals surface area contributed by atoms with Crippen LogP contribution < -0.4 is 10.6 Å². The van der Waals surface area contributed by atoms with E-state index in [1.807, 2.05) is 6.08 Å².